The molecule has 0 amide bonds. The molecule has 0 unspecified atom stereocenters. The molecule has 0 spiro atoms. The summed E-state index contributed by atoms with van der Waals surface area (Å²) in [6.45, 7) is 1.58. The summed E-state index contributed by atoms with van der Waals surface area (Å²) in [7, 11) is -3.17. The normalized spacial score (nSPS) is 11.4. The van der Waals surface area contributed by atoms with Gasteiger partial charge in [0.05, 0.1) is 5.75 Å². The number of carbonyl (C=O) groups is 1. The molecule has 2 aromatic rings. The van der Waals surface area contributed by atoms with Crippen molar-refractivity contribution in [2.45, 2.75) is 12.7 Å². The van der Waals surface area contributed by atoms with Gasteiger partial charge in [-0.25, -0.2) is 12.8 Å². The number of benzene rings is 2. The highest BCUT2D eigenvalue weighted by Gasteiger charge is 2.16. The molecule has 0 saturated heterocycles. The summed E-state index contributed by atoms with van der Waals surface area (Å²) in [6, 6.07) is 10.1. The smallest absolute Gasteiger partial charge is 0.194 e. The van der Waals surface area contributed by atoms with Crippen molar-refractivity contribution in [3.05, 3.63) is 69.4 Å². The van der Waals surface area contributed by atoms with Crippen LogP contribution in [0.1, 0.15) is 28.4 Å². The van der Waals surface area contributed by atoms with Crippen molar-refractivity contribution in [1.82, 2.24) is 0 Å². The Kier molecular flexibility index (Phi) is 5.13. The van der Waals surface area contributed by atoms with Gasteiger partial charge in [-0.1, -0.05) is 28.9 Å². The standard InChI is InChI=1S/C16H14BrFO3S/c1-2-22(20,21)10-11-3-8-15(17)14(9-11)16(19)12-4-6-13(18)7-5-12/h3-9H,2,10H2,1H3. The highest BCUT2D eigenvalue weighted by Crippen LogP contribution is 2.23. The van der Waals surface area contributed by atoms with E-state index in [0.29, 0.717) is 21.2 Å². The Morgan fingerprint density at radius 3 is 2.36 bits per heavy atom. The van der Waals surface area contributed by atoms with Crippen molar-refractivity contribution in [2.75, 3.05) is 5.75 Å². The number of hydrogen-bond acceptors (Lipinski definition) is 3. The lowest BCUT2D eigenvalue weighted by Crippen LogP contribution is -2.08. The minimum absolute atomic E-state index is 0.0459. The number of rotatable bonds is 5. The number of ketones is 1. The monoisotopic (exact) mass is 384 g/mol. The fourth-order valence-electron chi connectivity index (χ4n) is 1.95. The quantitative estimate of drug-likeness (QED) is 0.737. The Morgan fingerprint density at radius 1 is 1.14 bits per heavy atom. The summed E-state index contributed by atoms with van der Waals surface area (Å²) < 4.78 is 36.9. The molecule has 22 heavy (non-hydrogen) atoms. The molecule has 2 aromatic carbocycles. The zero-order valence-corrected chi connectivity index (χ0v) is 14.2. The summed E-state index contributed by atoms with van der Waals surface area (Å²) >= 11 is 3.30. The summed E-state index contributed by atoms with van der Waals surface area (Å²) in [5, 5.41) is 0. The number of sulfone groups is 1. The van der Waals surface area contributed by atoms with E-state index in [9.17, 15) is 17.6 Å². The van der Waals surface area contributed by atoms with Crippen LogP contribution in [0.15, 0.2) is 46.9 Å². The average Bonchev–Trinajstić information content (AvgIpc) is 2.49. The molecule has 0 bridgehead atoms. The maximum atomic E-state index is 12.9. The first-order chi connectivity index (χ1) is 10.3. The molecule has 0 saturated carbocycles. The van der Waals surface area contributed by atoms with Crippen LogP contribution in [0.3, 0.4) is 0 Å². The second kappa shape index (κ2) is 6.71. The van der Waals surface area contributed by atoms with Gasteiger partial charge >= 0.3 is 0 Å². The number of carbonyl (C=O) groups excluding carboxylic acids is 1. The maximum Gasteiger partial charge on any atom is 0.194 e. The SMILES string of the molecule is CCS(=O)(=O)Cc1ccc(Br)c(C(=O)c2ccc(F)cc2)c1. The zero-order valence-electron chi connectivity index (χ0n) is 11.8. The topological polar surface area (TPSA) is 51.2 Å². The minimum Gasteiger partial charge on any atom is -0.289 e. The summed E-state index contributed by atoms with van der Waals surface area (Å²) in [4.78, 5) is 12.5. The molecule has 3 nitrogen and oxygen atoms in total. The number of hydrogen-bond donors (Lipinski definition) is 0. The van der Waals surface area contributed by atoms with Gasteiger partial charge in [-0.3, -0.25) is 4.79 Å². The Balaban J connectivity index is 2.38. The first kappa shape index (κ1) is 16.8. The third kappa shape index (κ3) is 4.01. The van der Waals surface area contributed by atoms with E-state index >= 15 is 0 Å². The Bertz CT molecular complexity index is 799. The maximum absolute atomic E-state index is 12.9. The average molecular weight is 385 g/mol. The second-order valence-electron chi connectivity index (χ2n) is 4.83. The van der Waals surface area contributed by atoms with E-state index in [-0.39, 0.29) is 17.3 Å². The summed E-state index contributed by atoms with van der Waals surface area (Å²) in [6.07, 6.45) is 0. The lowest BCUT2D eigenvalue weighted by molar-refractivity contribution is 0.103. The minimum atomic E-state index is -3.17. The van der Waals surface area contributed by atoms with Crippen LogP contribution in [0.5, 0.6) is 0 Å². The molecule has 2 rings (SSSR count). The molecule has 116 valence electrons. The van der Waals surface area contributed by atoms with E-state index < -0.39 is 15.7 Å². The van der Waals surface area contributed by atoms with Gasteiger partial charge in [0.25, 0.3) is 0 Å². The molecule has 0 atom stereocenters. The molecule has 0 fully saturated rings. The van der Waals surface area contributed by atoms with Crippen LogP contribution in [0.4, 0.5) is 4.39 Å². The van der Waals surface area contributed by atoms with Gasteiger partial charge in [0, 0.05) is 21.4 Å². The molecule has 0 aliphatic carbocycles. The molecule has 0 aliphatic heterocycles. The Hall–Kier alpha value is -1.53. The first-order valence-corrected chi connectivity index (χ1v) is 9.23. The van der Waals surface area contributed by atoms with Gasteiger partial charge in [-0.15, -0.1) is 0 Å². The van der Waals surface area contributed by atoms with Crippen LogP contribution in [-0.4, -0.2) is 20.0 Å². The predicted molar refractivity (Wildman–Crippen MR) is 87.1 cm³/mol. The van der Waals surface area contributed by atoms with Crippen LogP contribution in [0.2, 0.25) is 0 Å². The molecule has 0 N–H and O–H groups in total. The highest BCUT2D eigenvalue weighted by atomic mass is 79.9. The molecule has 0 heterocycles. The van der Waals surface area contributed by atoms with Gasteiger partial charge in [0.1, 0.15) is 5.82 Å². The first-order valence-electron chi connectivity index (χ1n) is 6.61. The van der Waals surface area contributed by atoms with Crippen LogP contribution in [0.25, 0.3) is 0 Å². The molecule has 0 aromatic heterocycles. The van der Waals surface area contributed by atoms with Crippen LogP contribution in [0, 0.1) is 5.82 Å². The Morgan fingerprint density at radius 2 is 1.77 bits per heavy atom. The molecule has 0 aliphatic rings. The summed E-state index contributed by atoms with van der Waals surface area (Å²) in [5.74, 6) is -0.772. The third-order valence-corrected chi connectivity index (χ3v) is 5.55. The van der Waals surface area contributed by atoms with Crippen molar-refractivity contribution < 1.29 is 17.6 Å². The van der Waals surface area contributed by atoms with E-state index in [4.69, 9.17) is 0 Å². The third-order valence-electron chi connectivity index (χ3n) is 3.21. The van der Waals surface area contributed by atoms with Crippen molar-refractivity contribution in [1.29, 1.82) is 0 Å². The summed E-state index contributed by atoms with van der Waals surface area (Å²) in [5.41, 5.74) is 1.25. The number of halogens is 2. The van der Waals surface area contributed by atoms with E-state index in [2.05, 4.69) is 15.9 Å². The van der Waals surface area contributed by atoms with Crippen LogP contribution in [-0.2, 0) is 15.6 Å². The Labute approximate surface area is 137 Å². The fourth-order valence-corrected chi connectivity index (χ4v) is 3.27. The van der Waals surface area contributed by atoms with Crippen LogP contribution < -0.4 is 0 Å². The van der Waals surface area contributed by atoms with Gasteiger partial charge in [0.2, 0.25) is 0 Å². The second-order valence-corrected chi connectivity index (χ2v) is 8.03. The lowest BCUT2D eigenvalue weighted by atomic mass is 10.0. The molecular formula is C16H14BrFO3S. The predicted octanol–water partition coefficient (Wildman–Crippen LogP) is 3.75. The lowest BCUT2D eigenvalue weighted by Gasteiger charge is -2.08. The van der Waals surface area contributed by atoms with E-state index in [1.165, 1.54) is 24.3 Å². The van der Waals surface area contributed by atoms with Gasteiger partial charge in [-0.2, -0.15) is 0 Å². The largest absolute Gasteiger partial charge is 0.289 e. The molecule has 0 radical (unpaired) electrons. The van der Waals surface area contributed by atoms with Gasteiger partial charge in [0.15, 0.2) is 15.6 Å². The van der Waals surface area contributed by atoms with Crippen molar-refractivity contribution in [3.63, 3.8) is 0 Å². The van der Waals surface area contributed by atoms with E-state index in [1.54, 1.807) is 25.1 Å². The molecular weight excluding hydrogens is 371 g/mol. The van der Waals surface area contributed by atoms with Gasteiger partial charge in [-0.05, 0) is 42.0 Å². The van der Waals surface area contributed by atoms with Gasteiger partial charge < -0.3 is 0 Å². The molecule has 6 heteroatoms. The van der Waals surface area contributed by atoms with E-state index in [0.717, 1.165) is 0 Å². The van der Waals surface area contributed by atoms with Crippen LogP contribution >= 0.6 is 15.9 Å². The highest BCUT2D eigenvalue weighted by molar-refractivity contribution is 9.10. The van der Waals surface area contributed by atoms with E-state index in [1.807, 2.05) is 0 Å². The van der Waals surface area contributed by atoms with Crippen molar-refractivity contribution in [3.8, 4) is 0 Å². The van der Waals surface area contributed by atoms with Crippen molar-refractivity contribution >= 4 is 31.6 Å². The van der Waals surface area contributed by atoms with Crippen molar-refractivity contribution in [2.24, 2.45) is 0 Å². The zero-order chi connectivity index (χ0) is 16.3. The fraction of sp³-hybridized carbons (Fsp3) is 0.188.